The van der Waals surface area contributed by atoms with Crippen LogP contribution in [0.1, 0.15) is 60.6 Å². The lowest BCUT2D eigenvalue weighted by molar-refractivity contribution is -0.144. The van der Waals surface area contributed by atoms with Crippen molar-refractivity contribution in [2.24, 2.45) is 18.4 Å². The zero-order chi connectivity index (χ0) is 22.7. The molecule has 0 saturated carbocycles. The third-order valence-corrected chi connectivity index (χ3v) is 7.81. The molecule has 32 heavy (non-hydrogen) atoms. The van der Waals surface area contributed by atoms with Crippen LogP contribution in [0.3, 0.4) is 0 Å². The number of amides is 2. The van der Waals surface area contributed by atoms with Gasteiger partial charge in [-0.1, -0.05) is 43.7 Å². The number of hydrogen-bond donors (Lipinski definition) is 0. The highest BCUT2D eigenvalue weighted by molar-refractivity contribution is 5.95. The van der Waals surface area contributed by atoms with Crippen molar-refractivity contribution < 1.29 is 9.59 Å². The molecule has 6 nitrogen and oxygen atoms in total. The average Bonchev–Trinajstić information content (AvgIpc) is 3.08. The van der Waals surface area contributed by atoms with Gasteiger partial charge in [0.1, 0.15) is 0 Å². The van der Waals surface area contributed by atoms with Gasteiger partial charge in [0, 0.05) is 44.3 Å². The minimum atomic E-state index is -0.327. The van der Waals surface area contributed by atoms with Crippen LogP contribution < -0.4 is 0 Å². The maximum Gasteiger partial charge on any atom is 0.257 e. The number of benzene rings is 1. The van der Waals surface area contributed by atoms with Gasteiger partial charge in [0.2, 0.25) is 5.91 Å². The highest BCUT2D eigenvalue weighted by atomic mass is 16.2. The minimum absolute atomic E-state index is 0.0656. The van der Waals surface area contributed by atoms with Crippen LogP contribution in [-0.2, 0) is 18.3 Å². The Morgan fingerprint density at radius 2 is 1.84 bits per heavy atom. The van der Waals surface area contributed by atoms with E-state index in [9.17, 15) is 9.59 Å². The van der Waals surface area contributed by atoms with Gasteiger partial charge in [-0.15, -0.1) is 0 Å². The van der Waals surface area contributed by atoms with Crippen molar-refractivity contribution in [3.05, 3.63) is 53.3 Å². The van der Waals surface area contributed by atoms with Crippen LogP contribution in [0.2, 0.25) is 0 Å². The second-order valence-corrected chi connectivity index (χ2v) is 9.74. The molecule has 4 rings (SSSR count). The number of carbonyl (C=O) groups excluding carboxylic acids is 2. The molecule has 2 saturated heterocycles. The molecule has 0 unspecified atom stereocenters. The van der Waals surface area contributed by atoms with Gasteiger partial charge in [-0.3, -0.25) is 14.3 Å². The largest absolute Gasteiger partial charge is 0.342 e. The maximum absolute atomic E-state index is 13.7. The molecule has 1 aromatic heterocycles. The van der Waals surface area contributed by atoms with Crippen LogP contribution >= 0.6 is 0 Å². The number of aryl methyl sites for hydroxylation is 1. The Balaban J connectivity index is 1.40. The Morgan fingerprint density at radius 1 is 1.12 bits per heavy atom. The minimum Gasteiger partial charge on any atom is -0.342 e. The van der Waals surface area contributed by atoms with Crippen molar-refractivity contribution in [2.45, 2.75) is 52.4 Å². The summed E-state index contributed by atoms with van der Waals surface area (Å²) in [5.74, 6) is 0.709. The molecule has 0 radical (unpaired) electrons. The molecule has 6 heteroatoms. The summed E-state index contributed by atoms with van der Waals surface area (Å²) in [5, 5.41) is 4.22. The van der Waals surface area contributed by atoms with Crippen molar-refractivity contribution in [1.29, 1.82) is 0 Å². The molecular formula is C26H36N4O2. The highest BCUT2D eigenvalue weighted by Crippen LogP contribution is 2.42. The third kappa shape index (κ3) is 4.45. The van der Waals surface area contributed by atoms with Gasteiger partial charge in [0.25, 0.3) is 5.91 Å². The molecule has 2 fully saturated rings. The van der Waals surface area contributed by atoms with Crippen molar-refractivity contribution >= 4 is 11.8 Å². The van der Waals surface area contributed by atoms with Gasteiger partial charge in [-0.2, -0.15) is 5.10 Å². The molecular weight excluding hydrogens is 400 g/mol. The molecule has 2 aliphatic rings. The lowest BCUT2D eigenvalue weighted by Gasteiger charge is -2.43. The second kappa shape index (κ2) is 9.47. The number of carbonyl (C=O) groups is 2. The summed E-state index contributed by atoms with van der Waals surface area (Å²) in [6, 6.07) is 10.4. The summed E-state index contributed by atoms with van der Waals surface area (Å²) in [5.41, 5.74) is 2.54. The first-order chi connectivity index (χ1) is 15.4. The zero-order valence-corrected chi connectivity index (χ0v) is 19.7. The third-order valence-electron chi connectivity index (χ3n) is 7.81. The second-order valence-electron chi connectivity index (χ2n) is 9.74. The predicted octanol–water partition coefficient (Wildman–Crippen LogP) is 3.84. The first-order valence-electron chi connectivity index (χ1n) is 12.0. The van der Waals surface area contributed by atoms with Gasteiger partial charge in [-0.25, -0.2) is 0 Å². The molecule has 172 valence electrons. The van der Waals surface area contributed by atoms with Crippen LogP contribution in [0.5, 0.6) is 0 Å². The zero-order valence-electron chi connectivity index (χ0n) is 19.7. The average molecular weight is 437 g/mol. The fraction of sp³-hybridized carbons (Fsp3) is 0.577. The quantitative estimate of drug-likeness (QED) is 0.716. The van der Waals surface area contributed by atoms with Gasteiger partial charge in [0.05, 0.1) is 11.8 Å². The number of aromatic nitrogens is 2. The molecule has 1 aromatic carbocycles. The molecule has 1 atom stereocenters. The molecule has 3 heterocycles. The van der Waals surface area contributed by atoms with E-state index in [2.05, 4.69) is 41.2 Å². The number of nitrogens with zero attached hydrogens (tertiary/aromatic N) is 4. The topological polar surface area (TPSA) is 58.4 Å². The van der Waals surface area contributed by atoms with Crippen molar-refractivity contribution in [1.82, 2.24) is 19.6 Å². The van der Waals surface area contributed by atoms with Crippen LogP contribution in [0, 0.1) is 18.3 Å². The van der Waals surface area contributed by atoms with E-state index < -0.39 is 0 Å². The number of hydrogen-bond acceptors (Lipinski definition) is 3. The van der Waals surface area contributed by atoms with Crippen LogP contribution in [0.15, 0.2) is 36.5 Å². The number of rotatable bonds is 5. The van der Waals surface area contributed by atoms with Gasteiger partial charge < -0.3 is 9.80 Å². The van der Waals surface area contributed by atoms with Crippen LogP contribution in [0.25, 0.3) is 0 Å². The van der Waals surface area contributed by atoms with Crippen molar-refractivity contribution in [3.8, 4) is 0 Å². The van der Waals surface area contributed by atoms with Crippen LogP contribution in [0.4, 0.5) is 0 Å². The van der Waals surface area contributed by atoms with Crippen molar-refractivity contribution in [3.63, 3.8) is 0 Å². The smallest absolute Gasteiger partial charge is 0.257 e. The maximum atomic E-state index is 13.7. The van der Waals surface area contributed by atoms with E-state index >= 15 is 0 Å². The monoisotopic (exact) mass is 436 g/mol. The highest BCUT2D eigenvalue weighted by Gasteiger charge is 2.45. The summed E-state index contributed by atoms with van der Waals surface area (Å²) in [7, 11) is 1.86. The molecule has 2 amide bonds. The molecule has 0 bridgehead atoms. The molecule has 0 aliphatic carbocycles. The summed E-state index contributed by atoms with van der Waals surface area (Å²) in [6.45, 7) is 7.19. The van der Waals surface area contributed by atoms with E-state index in [1.54, 1.807) is 10.9 Å². The van der Waals surface area contributed by atoms with Gasteiger partial charge in [-0.05, 0) is 50.5 Å². The predicted molar refractivity (Wildman–Crippen MR) is 125 cm³/mol. The lowest BCUT2D eigenvalue weighted by atomic mass is 9.69. The molecule has 2 aromatic rings. The van der Waals surface area contributed by atoms with E-state index in [1.807, 2.05) is 24.9 Å². The summed E-state index contributed by atoms with van der Waals surface area (Å²) in [4.78, 5) is 30.7. The van der Waals surface area contributed by atoms with E-state index in [1.165, 1.54) is 5.56 Å². The Bertz CT molecular complexity index is 946. The van der Waals surface area contributed by atoms with Crippen LogP contribution in [-0.4, -0.2) is 57.6 Å². The fourth-order valence-corrected chi connectivity index (χ4v) is 5.46. The summed E-state index contributed by atoms with van der Waals surface area (Å²) < 4.78 is 1.75. The van der Waals surface area contributed by atoms with E-state index in [4.69, 9.17) is 0 Å². The number of piperidine rings is 1. The van der Waals surface area contributed by atoms with Gasteiger partial charge in [0.15, 0.2) is 0 Å². The van der Waals surface area contributed by atoms with Crippen molar-refractivity contribution in [2.75, 3.05) is 26.2 Å². The Morgan fingerprint density at radius 3 is 2.50 bits per heavy atom. The standard InChI is InChI=1S/C26H36N4O2/c1-20-23(19-27-28(20)3)24(31)29-17-12-22(13-18-29)26(2)14-7-8-15-30(25(26)32)16-11-21-9-5-4-6-10-21/h4-6,9-10,19,22H,7-8,11-18H2,1-3H3/t26-/m1/s1. The summed E-state index contributed by atoms with van der Waals surface area (Å²) >= 11 is 0. The first-order valence-corrected chi connectivity index (χ1v) is 12.0. The van der Waals surface area contributed by atoms with E-state index in [0.29, 0.717) is 30.5 Å². The van der Waals surface area contributed by atoms with Gasteiger partial charge >= 0.3 is 0 Å². The Labute approximate surface area is 191 Å². The fourth-order valence-electron chi connectivity index (χ4n) is 5.46. The molecule has 0 spiro atoms. The normalized spacial score (nSPS) is 22.8. The van der Waals surface area contributed by atoms with E-state index in [0.717, 1.165) is 57.3 Å². The number of likely N-dealkylation sites (tertiary alicyclic amines) is 2. The Kier molecular flexibility index (Phi) is 6.68. The SMILES string of the molecule is Cc1c(C(=O)N2CCC([C@@]3(C)CCCCN(CCc4ccccc4)C3=O)CC2)cnn1C. The summed E-state index contributed by atoms with van der Waals surface area (Å²) in [6.07, 6.45) is 7.48. The Hall–Kier alpha value is -2.63. The van der Waals surface area contributed by atoms with E-state index in [-0.39, 0.29) is 11.3 Å². The molecule has 0 N–H and O–H groups in total. The molecule has 2 aliphatic heterocycles. The lowest BCUT2D eigenvalue weighted by Crippen LogP contribution is -2.49. The first kappa shape index (κ1) is 22.6.